The molecule has 0 atom stereocenters. The van der Waals surface area contributed by atoms with Gasteiger partial charge in [-0.2, -0.15) is 13.3 Å². The number of hydrogen-bond donors (Lipinski definition) is 1. The van der Waals surface area contributed by atoms with Gasteiger partial charge in [-0.3, -0.25) is 4.98 Å². The Hall–Kier alpha value is -5.06. The van der Waals surface area contributed by atoms with E-state index in [1.54, 1.807) is 42.2 Å². The van der Waals surface area contributed by atoms with Gasteiger partial charge in [0.15, 0.2) is 0 Å². The van der Waals surface area contributed by atoms with E-state index in [9.17, 15) is 0 Å². The first-order valence-corrected chi connectivity index (χ1v) is 16.1. The van der Waals surface area contributed by atoms with Crippen LogP contribution in [0.25, 0.3) is 32.9 Å². The smallest absolute Gasteiger partial charge is 0.656 e. The quantitative estimate of drug-likeness (QED) is 0.168. The summed E-state index contributed by atoms with van der Waals surface area (Å²) in [6.45, 7) is 6.25. The predicted octanol–water partition coefficient (Wildman–Crippen LogP) is 10.1. The SMILES string of the molecule is [2H]C([2H])([2H])N([CH-]Nc1[c-]c(N2[CH-]N(C([2H])([2H])[2H])c3ccccc32)cc(-c2c(C)cc(C)cc2C)c1)c1ccccc1C.[Pt+4].c1ccc2c(c1)[n-]c1cnccc12. The fourth-order valence-electron chi connectivity index (χ4n) is 6.51. The maximum absolute atomic E-state index is 8.19. The van der Waals surface area contributed by atoms with E-state index in [1.807, 2.05) is 73.7 Å². The molecule has 50 heavy (non-hydrogen) atoms. The summed E-state index contributed by atoms with van der Waals surface area (Å²) >= 11 is 0. The second kappa shape index (κ2) is 14.8. The zero-order valence-corrected chi connectivity index (χ0v) is 30.4. The van der Waals surface area contributed by atoms with Crippen LogP contribution in [0, 0.1) is 47.1 Å². The molecule has 3 heterocycles. The molecule has 1 N–H and O–H groups in total. The molecule has 2 aromatic heterocycles. The van der Waals surface area contributed by atoms with Crippen LogP contribution in [0.5, 0.6) is 0 Å². The second-order valence-electron chi connectivity index (χ2n) is 12.2. The number of aryl methyl sites for hydroxylation is 4. The molecule has 0 fully saturated rings. The van der Waals surface area contributed by atoms with Crippen molar-refractivity contribution in [3.63, 3.8) is 0 Å². The Morgan fingerprint density at radius 2 is 1.54 bits per heavy atom. The molecular formula is C43H40N6Pt. The van der Waals surface area contributed by atoms with E-state index in [-0.39, 0.29) is 21.1 Å². The molecule has 7 aromatic rings. The molecule has 1 aliphatic rings. The normalized spacial score (nSPS) is 14.2. The summed E-state index contributed by atoms with van der Waals surface area (Å²) in [6.07, 6.45) is 3.60. The van der Waals surface area contributed by atoms with Crippen LogP contribution < -0.4 is 25.0 Å². The Balaban J connectivity index is 0.000000317. The van der Waals surface area contributed by atoms with E-state index in [2.05, 4.69) is 60.3 Å². The summed E-state index contributed by atoms with van der Waals surface area (Å²) in [6, 6.07) is 36.3. The summed E-state index contributed by atoms with van der Waals surface area (Å²) in [5.74, 6) is 0. The van der Waals surface area contributed by atoms with Crippen molar-refractivity contribution in [3.8, 4) is 11.1 Å². The summed E-state index contributed by atoms with van der Waals surface area (Å²) in [4.78, 5) is 12.8. The Morgan fingerprint density at radius 3 is 2.32 bits per heavy atom. The molecule has 252 valence electrons. The number of hydrogen-bond acceptors (Lipinski definition) is 5. The van der Waals surface area contributed by atoms with Crippen molar-refractivity contribution in [3.05, 3.63) is 157 Å². The standard InChI is InChI=1S/C32H33N4.C11H7N2.Pt/c1-22-15-24(3)32(25(4)16-22)26-17-27(33-20-34(5)29-12-8-7-11-23(29)2)19-28(18-26)36-21-35(6)30-13-9-10-14-31(30)36;1-2-4-10-8(3-1)9-5-6-12-7-11(9)13-10;/h7-18,20-21,33H,1-6H3;1-7H;/q-3;-1;+4/i5D3,6D3;;. The van der Waals surface area contributed by atoms with Crippen molar-refractivity contribution in [2.24, 2.45) is 0 Å². The van der Waals surface area contributed by atoms with Gasteiger partial charge in [0, 0.05) is 37.7 Å². The van der Waals surface area contributed by atoms with Crippen molar-refractivity contribution < 1.29 is 29.3 Å². The number of aromatic nitrogens is 2. The van der Waals surface area contributed by atoms with Gasteiger partial charge in [-0.1, -0.05) is 72.3 Å². The third-order valence-corrected chi connectivity index (χ3v) is 8.67. The number of rotatable bonds is 6. The number of nitrogens with one attached hydrogen (secondary N) is 1. The Bertz CT molecular complexity index is 2420. The Kier molecular flexibility index (Phi) is 8.22. The number of para-hydroxylation sites is 4. The molecular weight excluding hydrogens is 796 g/mol. The minimum Gasteiger partial charge on any atom is -0.656 e. The van der Waals surface area contributed by atoms with Crippen LogP contribution in [0.15, 0.2) is 116 Å². The van der Waals surface area contributed by atoms with Crippen LogP contribution in [-0.2, 0) is 21.1 Å². The average Bonchev–Trinajstić information content (AvgIpc) is 3.71. The molecule has 1 aliphatic heterocycles. The van der Waals surface area contributed by atoms with Crippen molar-refractivity contribution in [1.29, 1.82) is 0 Å². The van der Waals surface area contributed by atoms with Gasteiger partial charge in [0.1, 0.15) is 0 Å². The van der Waals surface area contributed by atoms with Crippen molar-refractivity contribution in [1.82, 2.24) is 9.97 Å². The van der Waals surface area contributed by atoms with E-state index >= 15 is 0 Å². The van der Waals surface area contributed by atoms with Gasteiger partial charge in [0.2, 0.25) is 0 Å². The maximum atomic E-state index is 8.19. The summed E-state index contributed by atoms with van der Waals surface area (Å²) in [5, 5.41) is 5.58. The fourth-order valence-corrected chi connectivity index (χ4v) is 6.51. The molecule has 0 unspecified atom stereocenters. The van der Waals surface area contributed by atoms with Crippen LogP contribution in [0.4, 0.5) is 28.4 Å². The monoisotopic (exact) mass is 841 g/mol. The molecule has 0 saturated heterocycles. The van der Waals surface area contributed by atoms with Gasteiger partial charge in [-0.25, -0.2) is 0 Å². The average molecular weight is 842 g/mol. The van der Waals surface area contributed by atoms with Gasteiger partial charge in [-0.15, -0.1) is 46.2 Å². The van der Waals surface area contributed by atoms with Crippen LogP contribution in [0.3, 0.4) is 0 Å². The minimum absolute atomic E-state index is 0. The summed E-state index contributed by atoms with van der Waals surface area (Å²) < 4.78 is 48.8. The van der Waals surface area contributed by atoms with Crippen molar-refractivity contribution in [2.75, 3.05) is 34.0 Å². The molecule has 0 amide bonds. The fraction of sp³-hybridized carbons (Fsp3) is 0.140. The zero-order chi connectivity index (χ0) is 39.1. The van der Waals surface area contributed by atoms with Gasteiger partial charge in [0.25, 0.3) is 0 Å². The van der Waals surface area contributed by atoms with Gasteiger partial charge < -0.3 is 25.0 Å². The number of pyridine rings is 1. The van der Waals surface area contributed by atoms with Crippen molar-refractivity contribution >= 4 is 50.2 Å². The van der Waals surface area contributed by atoms with E-state index in [0.29, 0.717) is 28.4 Å². The van der Waals surface area contributed by atoms with Gasteiger partial charge in [0.05, 0.1) is 0 Å². The van der Waals surface area contributed by atoms with Crippen LogP contribution >= 0.6 is 0 Å². The third-order valence-electron chi connectivity index (χ3n) is 8.67. The third kappa shape index (κ3) is 6.99. The molecule has 0 spiro atoms. The number of fused-ring (bicyclic) bond motifs is 4. The van der Waals surface area contributed by atoms with Gasteiger partial charge in [-0.05, 0) is 98.9 Å². The zero-order valence-electron chi connectivity index (χ0n) is 34.2. The number of anilines is 5. The first-order chi connectivity index (χ1) is 26.2. The van der Waals surface area contributed by atoms with E-state index < -0.39 is 14.0 Å². The van der Waals surface area contributed by atoms with Crippen LogP contribution in [0.1, 0.15) is 30.5 Å². The molecule has 0 aliphatic carbocycles. The first-order valence-electron chi connectivity index (χ1n) is 19.1. The molecule has 6 nitrogen and oxygen atoms in total. The maximum Gasteiger partial charge on any atom is 4.00 e. The van der Waals surface area contributed by atoms with E-state index in [4.69, 9.17) is 8.22 Å². The van der Waals surface area contributed by atoms with Crippen molar-refractivity contribution in [2.45, 2.75) is 27.7 Å². The van der Waals surface area contributed by atoms with E-state index in [1.165, 1.54) is 27.2 Å². The predicted molar refractivity (Wildman–Crippen MR) is 206 cm³/mol. The Labute approximate surface area is 318 Å². The molecule has 0 radical (unpaired) electrons. The number of benzene rings is 5. The topological polar surface area (TPSA) is 48.7 Å². The van der Waals surface area contributed by atoms with Gasteiger partial charge >= 0.3 is 21.1 Å². The molecule has 7 heteroatoms. The minimum atomic E-state index is -2.44. The summed E-state index contributed by atoms with van der Waals surface area (Å²) in [7, 11) is 0. The largest absolute Gasteiger partial charge is 4.00 e. The first kappa shape index (κ1) is 27.7. The van der Waals surface area contributed by atoms with Crippen LogP contribution in [-0.4, -0.2) is 18.9 Å². The second-order valence-corrected chi connectivity index (χ2v) is 12.2. The molecule has 8 rings (SSSR count). The van der Waals surface area contributed by atoms with Crippen LogP contribution in [0.2, 0.25) is 0 Å². The molecule has 0 saturated carbocycles. The molecule has 0 bridgehead atoms. The van der Waals surface area contributed by atoms with E-state index in [0.717, 1.165) is 44.4 Å². The Morgan fingerprint density at radius 1 is 0.820 bits per heavy atom. The molecule has 5 aromatic carbocycles. The summed E-state index contributed by atoms with van der Waals surface area (Å²) in [5.41, 5.74) is 11.1. The number of nitrogens with zero attached hydrogens (tertiary/aromatic N) is 5.